The van der Waals surface area contributed by atoms with Crippen LogP contribution in [0.5, 0.6) is 0 Å². The van der Waals surface area contributed by atoms with Gasteiger partial charge in [0.1, 0.15) is 0 Å². The Balaban J connectivity index is 2.84. The molecule has 0 unspecified atom stereocenters. The van der Waals surface area contributed by atoms with Gasteiger partial charge >= 0.3 is 0 Å². The Morgan fingerprint density at radius 2 is 2.05 bits per heavy atom. The maximum Gasteiger partial charge on any atom is 0.254 e. The smallest absolute Gasteiger partial charge is 0.254 e. The largest absolute Gasteiger partial charge is 0.383 e. The molecular formula is C15H24N2O2. The number of carbonyl (C=O) groups excluding carboxylic acids is 1. The van der Waals surface area contributed by atoms with Gasteiger partial charge in [0.25, 0.3) is 5.91 Å². The van der Waals surface area contributed by atoms with Crippen LogP contribution in [0.25, 0.3) is 0 Å². The van der Waals surface area contributed by atoms with Gasteiger partial charge in [-0.05, 0) is 38.4 Å². The number of hydrogen-bond acceptors (Lipinski definition) is 3. The summed E-state index contributed by atoms with van der Waals surface area (Å²) in [5.74, 6) is 0.0583. The van der Waals surface area contributed by atoms with Gasteiger partial charge in [0, 0.05) is 25.8 Å². The summed E-state index contributed by atoms with van der Waals surface area (Å²) in [6, 6.07) is 5.90. The first-order valence-corrected chi connectivity index (χ1v) is 6.65. The van der Waals surface area contributed by atoms with Gasteiger partial charge in [-0.15, -0.1) is 0 Å². The van der Waals surface area contributed by atoms with Gasteiger partial charge in [-0.3, -0.25) is 4.79 Å². The third-order valence-corrected chi connectivity index (χ3v) is 3.10. The molecule has 0 aliphatic heterocycles. The fourth-order valence-electron chi connectivity index (χ4n) is 2.02. The van der Waals surface area contributed by atoms with Crippen molar-refractivity contribution in [2.75, 3.05) is 33.4 Å². The van der Waals surface area contributed by atoms with Crippen LogP contribution < -0.4 is 5.73 Å². The first-order valence-electron chi connectivity index (χ1n) is 6.65. The normalized spacial score (nSPS) is 10.5. The highest BCUT2D eigenvalue weighted by Gasteiger charge is 2.16. The average molecular weight is 264 g/mol. The van der Waals surface area contributed by atoms with E-state index in [0.717, 1.165) is 17.5 Å². The summed E-state index contributed by atoms with van der Waals surface area (Å²) >= 11 is 0. The highest BCUT2D eigenvalue weighted by molar-refractivity contribution is 5.95. The SMILES string of the molecule is COCCN(CCCN)C(=O)c1ccc(C)cc1C. The molecule has 0 bridgehead atoms. The van der Waals surface area contributed by atoms with E-state index in [2.05, 4.69) is 0 Å². The quantitative estimate of drug-likeness (QED) is 0.816. The lowest BCUT2D eigenvalue weighted by molar-refractivity contribution is 0.0694. The maximum absolute atomic E-state index is 12.5. The number of carbonyl (C=O) groups is 1. The van der Waals surface area contributed by atoms with E-state index >= 15 is 0 Å². The van der Waals surface area contributed by atoms with Crippen molar-refractivity contribution in [2.24, 2.45) is 5.73 Å². The van der Waals surface area contributed by atoms with E-state index in [1.54, 1.807) is 7.11 Å². The molecule has 0 saturated carbocycles. The van der Waals surface area contributed by atoms with Crippen LogP contribution in [0.4, 0.5) is 0 Å². The summed E-state index contributed by atoms with van der Waals surface area (Å²) < 4.78 is 5.06. The molecule has 0 saturated heterocycles. The molecule has 0 aliphatic carbocycles. The monoisotopic (exact) mass is 264 g/mol. The number of rotatable bonds is 7. The van der Waals surface area contributed by atoms with Gasteiger partial charge in [-0.25, -0.2) is 0 Å². The van der Waals surface area contributed by atoms with Crippen LogP contribution in [-0.2, 0) is 4.74 Å². The molecule has 1 amide bonds. The lowest BCUT2D eigenvalue weighted by Crippen LogP contribution is -2.36. The Hall–Kier alpha value is -1.39. The van der Waals surface area contributed by atoms with Crippen LogP contribution in [-0.4, -0.2) is 44.2 Å². The highest BCUT2D eigenvalue weighted by atomic mass is 16.5. The number of ether oxygens (including phenoxy) is 1. The van der Waals surface area contributed by atoms with Gasteiger partial charge in [0.2, 0.25) is 0 Å². The lowest BCUT2D eigenvalue weighted by Gasteiger charge is -2.23. The zero-order valence-corrected chi connectivity index (χ0v) is 12.1. The van der Waals surface area contributed by atoms with E-state index in [9.17, 15) is 4.79 Å². The molecule has 0 fully saturated rings. The molecule has 19 heavy (non-hydrogen) atoms. The van der Waals surface area contributed by atoms with Crippen molar-refractivity contribution >= 4 is 5.91 Å². The minimum Gasteiger partial charge on any atom is -0.383 e. The van der Waals surface area contributed by atoms with Crippen LogP contribution in [0.15, 0.2) is 18.2 Å². The second kappa shape index (κ2) is 7.92. The summed E-state index contributed by atoms with van der Waals surface area (Å²) in [4.78, 5) is 14.3. The van der Waals surface area contributed by atoms with Crippen molar-refractivity contribution in [3.63, 3.8) is 0 Å². The third-order valence-electron chi connectivity index (χ3n) is 3.10. The molecule has 4 heteroatoms. The topological polar surface area (TPSA) is 55.6 Å². The van der Waals surface area contributed by atoms with Crippen molar-refractivity contribution in [3.8, 4) is 0 Å². The number of hydrogen-bond donors (Lipinski definition) is 1. The number of nitrogens with two attached hydrogens (primary N) is 1. The van der Waals surface area contributed by atoms with Gasteiger partial charge < -0.3 is 15.4 Å². The minimum absolute atomic E-state index is 0.0583. The zero-order valence-electron chi connectivity index (χ0n) is 12.1. The molecule has 1 aromatic carbocycles. The minimum atomic E-state index is 0.0583. The molecule has 0 heterocycles. The van der Waals surface area contributed by atoms with Crippen LogP contribution in [0.1, 0.15) is 27.9 Å². The second-order valence-electron chi connectivity index (χ2n) is 4.75. The van der Waals surface area contributed by atoms with E-state index < -0.39 is 0 Å². The highest BCUT2D eigenvalue weighted by Crippen LogP contribution is 2.13. The molecular weight excluding hydrogens is 240 g/mol. The Morgan fingerprint density at radius 1 is 1.32 bits per heavy atom. The molecule has 106 valence electrons. The Kier molecular flexibility index (Phi) is 6.53. The molecule has 1 aromatic rings. The summed E-state index contributed by atoms with van der Waals surface area (Å²) in [5, 5.41) is 0. The molecule has 0 aromatic heterocycles. The molecule has 0 atom stereocenters. The number of aryl methyl sites for hydroxylation is 2. The summed E-state index contributed by atoms with van der Waals surface area (Å²) in [7, 11) is 1.64. The zero-order chi connectivity index (χ0) is 14.3. The van der Waals surface area contributed by atoms with Crippen molar-refractivity contribution < 1.29 is 9.53 Å². The van der Waals surface area contributed by atoms with Crippen molar-refractivity contribution in [2.45, 2.75) is 20.3 Å². The lowest BCUT2D eigenvalue weighted by atomic mass is 10.0. The van der Waals surface area contributed by atoms with Crippen LogP contribution in [0, 0.1) is 13.8 Å². The maximum atomic E-state index is 12.5. The number of benzene rings is 1. The Bertz CT molecular complexity index is 411. The Morgan fingerprint density at radius 3 is 2.63 bits per heavy atom. The van der Waals surface area contributed by atoms with Crippen molar-refractivity contribution in [1.82, 2.24) is 4.90 Å². The number of methoxy groups -OCH3 is 1. The summed E-state index contributed by atoms with van der Waals surface area (Å²) in [6.07, 6.45) is 0.806. The molecule has 1 rings (SSSR count). The molecule has 0 aliphatic rings. The first kappa shape index (κ1) is 15.7. The van der Waals surface area contributed by atoms with E-state index in [4.69, 9.17) is 10.5 Å². The molecule has 0 radical (unpaired) electrons. The van der Waals surface area contributed by atoms with Crippen LogP contribution in [0.3, 0.4) is 0 Å². The number of nitrogens with zero attached hydrogens (tertiary/aromatic N) is 1. The summed E-state index contributed by atoms with van der Waals surface area (Å²) in [6.45, 7) is 6.40. The van der Waals surface area contributed by atoms with Crippen LogP contribution >= 0.6 is 0 Å². The Labute approximate surface area is 115 Å². The first-order chi connectivity index (χ1) is 9.10. The second-order valence-corrected chi connectivity index (χ2v) is 4.75. The van der Waals surface area contributed by atoms with Crippen LogP contribution in [0.2, 0.25) is 0 Å². The van der Waals surface area contributed by atoms with E-state index in [0.29, 0.717) is 26.2 Å². The predicted molar refractivity (Wildman–Crippen MR) is 77.4 cm³/mol. The van der Waals surface area contributed by atoms with E-state index in [1.807, 2.05) is 36.9 Å². The third kappa shape index (κ3) is 4.65. The molecule has 4 nitrogen and oxygen atoms in total. The van der Waals surface area contributed by atoms with Gasteiger partial charge in [-0.2, -0.15) is 0 Å². The van der Waals surface area contributed by atoms with E-state index in [1.165, 1.54) is 5.56 Å². The molecule has 2 N–H and O–H groups in total. The standard InChI is InChI=1S/C15H24N2O2/c1-12-5-6-14(13(2)11-12)15(18)17(8-4-7-16)9-10-19-3/h5-6,11H,4,7-10,16H2,1-3H3. The van der Waals surface area contributed by atoms with Gasteiger partial charge in [-0.1, -0.05) is 17.7 Å². The predicted octanol–water partition coefficient (Wildman–Crippen LogP) is 1.74. The fraction of sp³-hybridized carbons (Fsp3) is 0.533. The summed E-state index contributed by atoms with van der Waals surface area (Å²) in [5.41, 5.74) is 8.47. The van der Waals surface area contributed by atoms with Gasteiger partial charge in [0.15, 0.2) is 0 Å². The van der Waals surface area contributed by atoms with Crippen molar-refractivity contribution in [1.29, 1.82) is 0 Å². The fourth-order valence-corrected chi connectivity index (χ4v) is 2.02. The average Bonchev–Trinajstić information content (AvgIpc) is 2.38. The van der Waals surface area contributed by atoms with Crippen molar-refractivity contribution in [3.05, 3.63) is 34.9 Å². The molecule has 0 spiro atoms. The number of amides is 1. The van der Waals surface area contributed by atoms with Gasteiger partial charge in [0.05, 0.1) is 6.61 Å². The van der Waals surface area contributed by atoms with E-state index in [-0.39, 0.29) is 5.91 Å².